The van der Waals surface area contributed by atoms with Crippen LogP contribution in [0.2, 0.25) is 0 Å². The molecule has 3 N–H and O–H groups in total. The minimum absolute atomic E-state index is 0.776. The number of hydrogen-bond acceptors (Lipinski definition) is 6. The molecule has 0 saturated carbocycles. The molecular weight excluding hydrogens is 324 g/mol. The maximum atomic E-state index is 5.59. The largest absolute Gasteiger partial charge is 0.385 e. The van der Waals surface area contributed by atoms with Gasteiger partial charge in [0.25, 0.3) is 0 Å². The number of rotatable bonds is 10. The predicted octanol–water partition coefficient (Wildman–Crippen LogP) is 2.36. The van der Waals surface area contributed by atoms with Crippen LogP contribution in [0.15, 0.2) is 12.1 Å². The van der Waals surface area contributed by atoms with E-state index in [1.54, 1.807) is 0 Å². The summed E-state index contributed by atoms with van der Waals surface area (Å²) in [5, 5.41) is 3.64. The van der Waals surface area contributed by atoms with Crippen LogP contribution in [0.25, 0.3) is 0 Å². The van der Waals surface area contributed by atoms with E-state index in [2.05, 4.69) is 39.2 Å². The second kappa shape index (κ2) is 9.97. The van der Waals surface area contributed by atoms with E-state index in [9.17, 15) is 0 Å². The molecule has 0 amide bonds. The highest BCUT2D eigenvalue weighted by Crippen LogP contribution is 2.28. The van der Waals surface area contributed by atoms with Crippen LogP contribution in [0.4, 0.5) is 17.3 Å². The lowest BCUT2D eigenvalue weighted by atomic mass is 10.3. The third-order valence-corrected chi connectivity index (χ3v) is 5.45. The summed E-state index contributed by atoms with van der Waals surface area (Å²) in [7, 11) is 2.18. The molecule has 0 bridgehead atoms. The van der Waals surface area contributed by atoms with Gasteiger partial charge < -0.3 is 25.8 Å². The summed E-state index contributed by atoms with van der Waals surface area (Å²) in [4.78, 5) is 12.2. The van der Waals surface area contributed by atoms with Crippen LogP contribution in [0.5, 0.6) is 0 Å². The topological polar surface area (TPSA) is 60.7 Å². The predicted molar refractivity (Wildman–Crippen MR) is 111 cm³/mol. The van der Waals surface area contributed by atoms with Crippen molar-refractivity contribution in [2.24, 2.45) is 5.73 Å². The fourth-order valence-electron chi connectivity index (χ4n) is 3.87. The number of nitrogens with one attached hydrogen (secondary N) is 1. The summed E-state index contributed by atoms with van der Waals surface area (Å²) in [6, 6.07) is 4.48. The van der Waals surface area contributed by atoms with Gasteiger partial charge >= 0.3 is 0 Å². The molecule has 1 aromatic heterocycles. The fourth-order valence-corrected chi connectivity index (χ4v) is 3.87. The lowest BCUT2D eigenvalue weighted by molar-refractivity contribution is 0.330. The van der Waals surface area contributed by atoms with E-state index in [-0.39, 0.29) is 0 Å². The molecule has 0 aliphatic carbocycles. The number of anilines is 3. The monoisotopic (exact) mass is 360 g/mol. The second-order valence-electron chi connectivity index (χ2n) is 7.69. The van der Waals surface area contributed by atoms with E-state index in [0.29, 0.717) is 0 Å². The summed E-state index contributed by atoms with van der Waals surface area (Å²) in [5.41, 5.74) is 6.80. The van der Waals surface area contributed by atoms with Gasteiger partial charge in [-0.1, -0.05) is 0 Å². The smallest absolute Gasteiger partial charge is 0.133 e. The molecule has 3 heterocycles. The van der Waals surface area contributed by atoms with Crippen LogP contribution in [-0.2, 0) is 0 Å². The van der Waals surface area contributed by atoms with Gasteiger partial charge in [0.15, 0.2) is 0 Å². The van der Waals surface area contributed by atoms with Crippen molar-refractivity contribution in [2.45, 2.75) is 38.5 Å². The zero-order valence-electron chi connectivity index (χ0n) is 16.4. The molecule has 6 nitrogen and oxygen atoms in total. The minimum atomic E-state index is 0.776. The molecule has 2 aliphatic rings. The maximum Gasteiger partial charge on any atom is 0.133 e. The van der Waals surface area contributed by atoms with E-state index >= 15 is 0 Å². The van der Waals surface area contributed by atoms with E-state index < -0.39 is 0 Å². The molecular formula is C20H36N6. The first kappa shape index (κ1) is 19.2. The van der Waals surface area contributed by atoms with E-state index in [0.717, 1.165) is 76.8 Å². The van der Waals surface area contributed by atoms with Gasteiger partial charge in [-0.25, -0.2) is 4.98 Å². The molecule has 0 unspecified atom stereocenters. The quantitative estimate of drug-likeness (QED) is 0.625. The van der Waals surface area contributed by atoms with Crippen LogP contribution < -0.4 is 20.9 Å². The zero-order valence-corrected chi connectivity index (χ0v) is 16.4. The van der Waals surface area contributed by atoms with Crippen molar-refractivity contribution in [2.75, 3.05) is 74.5 Å². The summed E-state index contributed by atoms with van der Waals surface area (Å²) >= 11 is 0. The van der Waals surface area contributed by atoms with Gasteiger partial charge in [0.05, 0.1) is 0 Å². The highest BCUT2D eigenvalue weighted by molar-refractivity contribution is 5.62. The Morgan fingerprint density at radius 1 is 0.962 bits per heavy atom. The minimum Gasteiger partial charge on any atom is -0.385 e. The van der Waals surface area contributed by atoms with Crippen LogP contribution in [-0.4, -0.2) is 69.3 Å². The lowest BCUT2D eigenvalue weighted by Crippen LogP contribution is -2.25. The van der Waals surface area contributed by atoms with Gasteiger partial charge in [0, 0.05) is 50.5 Å². The first-order valence-corrected chi connectivity index (χ1v) is 10.4. The summed E-state index contributed by atoms with van der Waals surface area (Å²) in [5.74, 6) is 2.30. The van der Waals surface area contributed by atoms with Crippen LogP contribution in [0.3, 0.4) is 0 Å². The van der Waals surface area contributed by atoms with Gasteiger partial charge in [-0.3, -0.25) is 0 Å². The number of aromatic nitrogens is 1. The first-order valence-electron chi connectivity index (χ1n) is 10.4. The zero-order chi connectivity index (χ0) is 18.2. The Balaban J connectivity index is 1.58. The Hall–Kier alpha value is -1.53. The Labute approximate surface area is 158 Å². The standard InChI is InChI=1S/C20H36N6/c1-24(10-6-8-21)11-7-9-22-18-16-19(25-12-2-3-13-25)23-20(17-18)26-14-4-5-15-26/h16-17H,2-15,21H2,1H3,(H,22,23). The molecule has 0 atom stereocenters. The summed E-state index contributed by atoms with van der Waals surface area (Å²) in [6.07, 6.45) is 7.36. The Bertz CT molecular complexity index is 503. The Morgan fingerprint density at radius 3 is 2.04 bits per heavy atom. The second-order valence-corrected chi connectivity index (χ2v) is 7.69. The van der Waals surface area contributed by atoms with Crippen molar-refractivity contribution < 1.29 is 0 Å². The SMILES string of the molecule is CN(CCCN)CCCNc1cc(N2CCCC2)nc(N2CCCC2)c1. The third-order valence-electron chi connectivity index (χ3n) is 5.45. The molecule has 3 rings (SSSR count). The van der Waals surface area contributed by atoms with E-state index in [1.165, 1.54) is 31.4 Å². The molecule has 6 heteroatoms. The van der Waals surface area contributed by atoms with Crippen molar-refractivity contribution in [3.8, 4) is 0 Å². The molecule has 0 radical (unpaired) electrons. The molecule has 2 aliphatic heterocycles. The molecule has 26 heavy (non-hydrogen) atoms. The van der Waals surface area contributed by atoms with Crippen LogP contribution in [0.1, 0.15) is 38.5 Å². The van der Waals surface area contributed by atoms with Crippen LogP contribution >= 0.6 is 0 Å². The summed E-state index contributed by atoms with van der Waals surface area (Å²) < 4.78 is 0. The van der Waals surface area contributed by atoms with Gasteiger partial charge in [-0.05, 0) is 65.2 Å². The van der Waals surface area contributed by atoms with E-state index in [1.807, 2.05) is 0 Å². The van der Waals surface area contributed by atoms with Crippen molar-refractivity contribution >= 4 is 17.3 Å². The van der Waals surface area contributed by atoms with Crippen molar-refractivity contribution in [3.63, 3.8) is 0 Å². The molecule has 0 aromatic carbocycles. The average molecular weight is 361 g/mol. The van der Waals surface area contributed by atoms with Gasteiger partial charge in [-0.2, -0.15) is 0 Å². The van der Waals surface area contributed by atoms with Crippen molar-refractivity contribution in [1.82, 2.24) is 9.88 Å². The number of hydrogen-bond donors (Lipinski definition) is 2. The van der Waals surface area contributed by atoms with E-state index in [4.69, 9.17) is 10.7 Å². The van der Waals surface area contributed by atoms with Gasteiger partial charge in [0.1, 0.15) is 11.6 Å². The fraction of sp³-hybridized carbons (Fsp3) is 0.750. The van der Waals surface area contributed by atoms with Crippen molar-refractivity contribution in [3.05, 3.63) is 12.1 Å². The van der Waals surface area contributed by atoms with Crippen LogP contribution in [0, 0.1) is 0 Å². The number of nitrogens with two attached hydrogens (primary N) is 1. The van der Waals surface area contributed by atoms with Crippen molar-refractivity contribution in [1.29, 1.82) is 0 Å². The Morgan fingerprint density at radius 2 is 1.50 bits per heavy atom. The maximum absolute atomic E-state index is 5.59. The first-order chi connectivity index (χ1) is 12.8. The molecule has 146 valence electrons. The van der Waals surface area contributed by atoms with Gasteiger partial charge in [0.2, 0.25) is 0 Å². The molecule has 1 aromatic rings. The Kier molecular flexibility index (Phi) is 7.38. The lowest BCUT2D eigenvalue weighted by Gasteiger charge is -2.23. The number of nitrogens with zero attached hydrogens (tertiary/aromatic N) is 4. The summed E-state index contributed by atoms with van der Waals surface area (Å²) in [6.45, 7) is 8.53. The van der Waals surface area contributed by atoms with Gasteiger partial charge in [-0.15, -0.1) is 0 Å². The molecule has 2 fully saturated rings. The normalized spacial score (nSPS) is 17.5. The highest BCUT2D eigenvalue weighted by Gasteiger charge is 2.19. The highest BCUT2D eigenvalue weighted by atomic mass is 15.3. The molecule has 2 saturated heterocycles. The average Bonchev–Trinajstić information content (AvgIpc) is 3.37. The molecule has 0 spiro atoms. The number of pyridine rings is 1. The third kappa shape index (κ3) is 5.48.